The Labute approximate surface area is 119 Å². The maximum atomic E-state index is 8.92. The number of hydrogen-bond acceptors (Lipinski definition) is 5. The Balaban J connectivity index is 1.91. The Bertz CT molecular complexity index is 408. The molecule has 0 spiro atoms. The number of β-amino-alcohol motifs (C(OH)–C–C–N with tert-alkyl or cyclic N) is 1. The van der Waals surface area contributed by atoms with E-state index < -0.39 is 0 Å². The van der Waals surface area contributed by atoms with Crippen molar-refractivity contribution in [2.24, 2.45) is 0 Å². The number of nitrogens with one attached hydrogen (secondary N) is 1. The molecule has 1 aromatic rings. The van der Waals surface area contributed by atoms with E-state index in [9.17, 15) is 0 Å². The van der Waals surface area contributed by atoms with Crippen LogP contribution >= 0.6 is 11.6 Å². The number of piperazine rings is 1. The molecule has 1 saturated heterocycles. The third kappa shape index (κ3) is 4.04. The highest BCUT2D eigenvalue weighted by molar-refractivity contribution is 6.31. The fraction of sp³-hybridized carbons (Fsp3) is 0.615. The number of nitrogens with zero attached hydrogens (tertiary/aromatic N) is 3. The summed E-state index contributed by atoms with van der Waals surface area (Å²) in [5.74, 6) is 0.846. The molecular formula is C13H21ClN4O. The zero-order chi connectivity index (χ0) is 13.7. The number of aliphatic hydroxyl groups excluding tert-OH is 1. The minimum Gasteiger partial charge on any atom is -0.395 e. The van der Waals surface area contributed by atoms with Crippen molar-refractivity contribution >= 4 is 17.4 Å². The molecule has 0 saturated carbocycles. The van der Waals surface area contributed by atoms with Crippen LogP contribution in [-0.2, 0) is 6.54 Å². The van der Waals surface area contributed by atoms with Crippen LogP contribution in [0.15, 0.2) is 12.1 Å². The van der Waals surface area contributed by atoms with Crippen molar-refractivity contribution in [2.75, 3.05) is 51.7 Å². The summed E-state index contributed by atoms with van der Waals surface area (Å²) in [6.45, 7) is 5.73. The standard InChI is InChI=1S/C13H21ClN4O/c1-15-13-3-2-11(14)12(16-13)10-18-6-4-17(5-7-18)8-9-19/h2-3,19H,4-10H2,1H3,(H,15,16). The second kappa shape index (κ2) is 7.05. The van der Waals surface area contributed by atoms with Gasteiger partial charge in [-0.2, -0.15) is 0 Å². The predicted molar refractivity (Wildman–Crippen MR) is 77.6 cm³/mol. The van der Waals surface area contributed by atoms with Gasteiger partial charge in [-0.25, -0.2) is 4.98 Å². The molecule has 0 aliphatic carbocycles. The molecule has 0 amide bonds. The van der Waals surface area contributed by atoms with Gasteiger partial charge in [0.2, 0.25) is 0 Å². The van der Waals surface area contributed by atoms with Crippen molar-refractivity contribution < 1.29 is 5.11 Å². The number of pyridine rings is 1. The number of hydrogen-bond donors (Lipinski definition) is 2. The molecule has 1 aliphatic heterocycles. The van der Waals surface area contributed by atoms with Crippen molar-refractivity contribution in [3.63, 3.8) is 0 Å². The summed E-state index contributed by atoms with van der Waals surface area (Å²) in [5, 5.41) is 12.7. The Morgan fingerprint density at radius 3 is 2.58 bits per heavy atom. The average Bonchev–Trinajstić information content (AvgIpc) is 2.44. The molecule has 106 valence electrons. The second-order valence-electron chi connectivity index (χ2n) is 4.72. The molecule has 1 aromatic heterocycles. The Morgan fingerprint density at radius 2 is 1.95 bits per heavy atom. The highest BCUT2D eigenvalue weighted by atomic mass is 35.5. The maximum absolute atomic E-state index is 8.92. The van der Waals surface area contributed by atoms with Crippen LogP contribution in [-0.4, -0.2) is 66.3 Å². The normalized spacial score (nSPS) is 17.6. The van der Waals surface area contributed by atoms with E-state index in [0.717, 1.165) is 55.8 Å². The first-order chi connectivity index (χ1) is 9.22. The fourth-order valence-electron chi connectivity index (χ4n) is 2.26. The lowest BCUT2D eigenvalue weighted by molar-refractivity contribution is 0.108. The number of rotatable bonds is 5. The number of aromatic nitrogens is 1. The topological polar surface area (TPSA) is 51.6 Å². The summed E-state index contributed by atoms with van der Waals surface area (Å²) in [6, 6.07) is 3.77. The van der Waals surface area contributed by atoms with E-state index in [1.807, 2.05) is 19.2 Å². The zero-order valence-electron chi connectivity index (χ0n) is 11.3. The van der Waals surface area contributed by atoms with Crippen molar-refractivity contribution in [2.45, 2.75) is 6.54 Å². The van der Waals surface area contributed by atoms with Crippen LogP contribution in [0.3, 0.4) is 0 Å². The molecule has 1 fully saturated rings. The van der Waals surface area contributed by atoms with Gasteiger partial charge in [0.15, 0.2) is 0 Å². The highest BCUT2D eigenvalue weighted by Gasteiger charge is 2.17. The molecule has 2 heterocycles. The van der Waals surface area contributed by atoms with Crippen LogP contribution in [0.2, 0.25) is 5.02 Å². The molecule has 0 bridgehead atoms. The summed E-state index contributed by atoms with van der Waals surface area (Å²) < 4.78 is 0. The first-order valence-corrected chi connectivity index (χ1v) is 6.99. The largest absolute Gasteiger partial charge is 0.395 e. The summed E-state index contributed by atoms with van der Waals surface area (Å²) >= 11 is 6.19. The molecule has 0 aromatic carbocycles. The van der Waals surface area contributed by atoms with Crippen LogP contribution in [0.25, 0.3) is 0 Å². The number of aliphatic hydroxyl groups is 1. The van der Waals surface area contributed by atoms with Gasteiger partial charge in [-0.1, -0.05) is 11.6 Å². The van der Waals surface area contributed by atoms with Gasteiger partial charge >= 0.3 is 0 Å². The van der Waals surface area contributed by atoms with Gasteiger partial charge in [0.05, 0.1) is 17.3 Å². The van der Waals surface area contributed by atoms with Gasteiger partial charge in [-0.05, 0) is 12.1 Å². The molecular weight excluding hydrogens is 264 g/mol. The molecule has 19 heavy (non-hydrogen) atoms. The van der Waals surface area contributed by atoms with Crippen LogP contribution in [0.5, 0.6) is 0 Å². The van der Waals surface area contributed by atoms with E-state index in [0.29, 0.717) is 0 Å². The zero-order valence-corrected chi connectivity index (χ0v) is 12.0. The van der Waals surface area contributed by atoms with E-state index in [-0.39, 0.29) is 6.61 Å². The molecule has 0 unspecified atom stereocenters. The van der Waals surface area contributed by atoms with Crippen LogP contribution in [0.4, 0.5) is 5.82 Å². The monoisotopic (exact) mass is 284 g/mol. The Morgan fingerprint density at radius 1 is 1.26 bits per heavy atom. The summed E-state index contributed by atoms with van der Waals surface area (Å²) in [4.78, 5) is 9.12. The van der Waals surface area contributed by atoms with Crippen LogP contribution in [0, 0.1) is 0 Å². The second-order valence-corrected chi connectivity index (χ2v) is 5.12. The number of halogens is 1. The van der Waals surface area contributed by atoms with Crippen molar-refractivity contribution in [3.05, 3.63) is 22.8 Å². The SMILES string of the molecule is CNc1ccc(Cl)c(CN2CCN(CCO)CC2)n1. The smallest absolute Gasteiger partial charge is 0.126 e. The van der Waals surface area contributed by atoms with E-state index in [1.54, 1.807) is 0 Å². The highest BCUT2D eigenvalue weighted by Crippen LogP contribution is 2.18. The lowest BCUT2D eigenvalue weighted by Crippen LogP contribution is -2.46. The summed E-state index contributed by atoms with van der Waals surface area (Å²) in [7, 11) is 1.85. The van der Waals surface area contributed by atoms with Gasteiger partial charge in [0.1, 0.15) is 5.82 Å². The van der Waals surface area contributed by atoms with Crippen LogP contribution < -0.4 is 5.32 Å². The third-order valence-electron chi connectivity index (χ3n) is 3.43. The molecule has 0 atom stereocenters. The lowest BCUT2D eigenvalue weighted by Gasteiger charge is -2.34. The van der Waals surface area contributed by atoms with Gasteiger partial charge in [-0.3, -0.25) is 9.80 Å². The third-order valence-corrected chi connectivity index (χ3v) is 3.77. The van der Waals surface area contributed by atoms with E-state index >= 15 is 0 Å². The van der Waals surface area contributed by atoms with Crippen molar-refractivity contribution in [1.82, 2.24) is 14.8 Å². The number of anilines is 1. The van der Waals surface area contributed by atoms with E-state index in [4.69, 9.17) is 16.7 Å². The summed E-state index contributed by atoms with van der Waals surface area (Å²) in [5.41, 5.74) is 0.920. The molecule has 1 aliphatic rings. The van der Waals surface area contributed by atoms with Crippen LogP contribution in [0.1, 0.15) is 5.69 Å². The molecule has 2 rings (SSSR count). The minimum absolute atomic E-state index is 0.234. The van der Waals surface area contributed by atoms with Gasteiger partial charge in [-0.15, -0.1) is 0 Å². The van der Waals surface area contributed by atoms with Gasteiger partial charge < -0.3 is 10.4 Å². The Hall–Kier alpha value is -0.880. The van der Waals surface area contributed by atoms with E-state index in [1.165, 1.54) is 0 Å². The first-order valence-electron chi connectivity index (χ1n) is 6.61. The lowest BCUT2D eigenvalue weighted by atomic mass is 10.2. The molecule has 2 N–H and O–H groups in total. The van der Waals surface area contributed by atoms with Crippen molar-refractivity contribution in [1.29, 1.82) is 0 Å². The van der Waals surface area contributed by atoms with Crippen molar-refractivity contribution in [3.8, 4) is 0 Å². The quantitative estimate of drug-likeness (QED) is 0.841. The molecule has 0 radical (unpaired) electrons. The average molecular weight is 285 g/mol. The Kier molecular flexibility index (Phi) is 5.39. The molecule has 6 heteroatoms. The van der Waals surface area contributed by atoms with E-state index in [2.05, 4.69) is 20.1 Å². The predicted octanol–water partition coefficient (Wildman–Crippen LogP) is 0.887. The minimum atomic E-state index is 0.234. The van der Waals surface area contributed by atoms with Gasteiger partial charge in [0.25, 0.3) is 0 Å². The summed E-state index contributed by atoms with van der Waals surface area (Å²) in [6.07, 6.45) is 0. The first kappa shape index (κ1) is 14.5. The fourth-order valence-corrected chi connectivity index (χ4v) is 2.42. The molecule has 5 nitrogen and oxygen atoms in total. The van der Waals surface area contributed by atoms with Gasteiger partial charge in [0, 0.05) is 46.3 Å². The maximum Gasteiger partial charge on any atom is 0.126 e.